The molecule has 6 heteroatoms. The van der Waals surface area contributed by atoms with Crippen LogP contribution in [0.25, 0.3) is 22.3 Å². The van der Waals surface area contributed by atoms with E-state index in [2.05, 4.69) is 15.0 Å². The average molecular weight is 345 g/mol. The Bertz CT molecular complexity index is 892. The highest BCUT2D eigenvalue weighted by Gasteiger charge is 2.30. The maximum absolute atomic E-state index is 12.9. The zero-order chi connectivity index (χ0) is 17.4. The summed E-state index contributed by atoms with van der Waals surface area (Å²) in [5, 5.41) is 0. The second kappa shape index (κ2) is 6.17. The quantitative estimate of drug-likeness (QED) is 0.648. The molecule has 0 unspecified atom stereocenters. The fourth-order valence-corrected chi connectivity index (χ4v) is 3.52. The molecule has 25 heavy (non-hydrogen) atoms. The van der Waals surface area contributed by atoms with Gasteiger partial charge >= 0.3 is 6.18 Å². The normalized spacial score (nSPS) is 16.4. The zero-order valence-electron chi connectivity index (χ0n) is 13.6. The van der Waals surface area contributed by atoms with Crippen LogP contribution in [-0.4, -0.2) is 15.0 Å². The highest BCUT2D eigenvalue weighted by Crippen LogP contribution is 2.34. The van der Waals surface area contributed by atoms with Gasteiger partial charge < -0.3 is 4.98 Å². The third-order valence-electron chi connectivity index (χ3n) is 4.87. The van der Waals surface area contributed by atoms with Gasteiger partial charge in [-0.1, -0.05) is 31.4 Å². The predicted molar refractivity (Wildman–Crippen MR) is 90.2 cm³/mol. The standard InChI is InChI=1S/C19H18F3N3/c20-19(21,22)15-8-4-7-13(9-15)14-10-16-18(23-11-14)25-17(24-16)12-5-2-1-3-6-12/h4,7-12H,1-3,5-6H2,(H,23,24,25). The molecule has 0 aliphatic heterocycles. The molecular weight excluding hydrogens is 327 g/mol. The highest BCUT2D eigenvalue weighted by molar-refractivity contribution is 5.78. The van der Waals surface area contributed by atoms with Crippen molar-refractivity contribution in [3.63, 3.8) is 0 Å². The fourth-order valence-electron chi connectivity index (χ4n) is 3.52. The van der Waals surface area contributed by atoms with Gasteiger partial charge in [0.05, 0.1) is 11.1 Å². The van der Waals surface area contributed by atoms with Crippen molar-refractivity contribution < 1.29 is 13.2 Å². The molecule has 0 bridgehead atoms. The fraction of sp³-hybridized carbons (Fsp3) is 0.368. The van der Waals surface area contributed by atoms with Crippen molar-refractivity contribution in [1.29, 1.82) is 0 Å². The molecule has 3 aromatic rings. The van der Waals surface area contributed by atoms with Crippen molar-refractivity contribution in [3.8, 4) is 11.1 Å². The van der Waals surface area contributed by atoms with Crippen LogP contribution in [0, 0.1) is 0 Å². The molecule has 1 aromatic carbocycles. The molecule has 0 spiro atoms. The number of hydrogen-bond acceptors (Lipinski definition) is 2. The van der Waals surface area contributed by atoms with Crippen LogP contribution < -0.4 is 0 Å². The average Bonchev–Trinajstić information content (AvgIpc) is 3.05. The Morgan fingerprint density at radius 2 is 1.80 bits per heavy atom. The Balaban J connectivity index is 1.69. The molecule has 0 atom stereocenters. The van der Waals surface area contributed by atoms with E-state index >= 15 is 0 Å². The number of hydrogen-bond donors (Lipinski definition) is 1. The molecule has 2 aromatic heterocycles. The summed E-state index contributed by atoms with van der Waals surface area (Å²) in [5.74, 6) is 1.38. The summed E-state index contributed by atoms with van der Waals surface area (Å²) in [4.78, 5) is 12.2. The first-order valence-corrected chi connectivity index (χ1v) is 8.54. The lowest BCUT2D eigenvalue weighted by atomic mass is 9.89. The highest BCUT2D eigenvalue weighted by atomic mass is 19.4. The largest absolute Gasteiger partial charge is 0.416 e. The Morgan fingerprint density at radius 3 is 2.56 bits per heavy atom. The van der Waals surface area contributed by atoms with Gasteiger partial charge in [-0.25, -0.2) is 9.97 Å². The molecule has 1 N–H and O–H groups in total. The van der Waals surface area contributed by atoms with Crippen LogP contribution in [0.5, 0.6) is 0 Å². The van der Waals surface area contributed by atoms with Crippen molar-refractivity contribution >= 4 is 11.2 Å². The van der Waals surface area contributed by atoms with E-state index in [0.29, 0.717) is 22.7 Å². The number of pyridine rings is 1. The van der Waals surface area contributed by atoms with E-state index in [1.54, 1.807) is 12.3 Å². The summed E-state index contributed by atoms with van der Waals surface area (Å²) < 4.78 is 38.7. The van der Waals surface area contributed by atoms with Crippen molar-refractivity contribution in [1.82, 2.24) is 15.0 Å². The number of nitrogens with one attached hydrogen (secondary N) is 1. The van der Waals surface area contributed by atoms with Crippen molar-refractivity contribution in [2.45, 2.75) is 44.2 Å². The number of alkyl halides is 3. The summed E-state index contributed by atoms with van der Waals surface area (Å²) in [7, 11) is 0. The van der Waals surface area contributed by atoms with Gasteiger partial charge in [-0.3, -0.25) is 0 Å². The maximum Gasteiger partial charge on any atom is 0.416 e. The molecule has 1 fully saturated rings. The first-order valence-electron chi connectivity index (χ1n) is 8.54. The number of halogens is 3. The first kappa shape index (κ1) is 16.1. The van der Waals surface area contributed by atoms with Crippen LogP contribution in [0.2, 0.25) is 0 Å². The van der Waals surface area contributed by atoms with Crippen molar-refractivity contribution in [2.75, 3.05) is 0 Å². The van der Waals surface area contributed by atoms with Crippen LogP contribution in [0.4, 0.5) is 13.2 Å². The SMILES string of the molecule is FC(F)(F)c1cccc(-c2cnc3nc(C4CCCCC4)[nH]c3c2)c1. The minimum absolute atomic E-state index is 0.431. The Kier molecular flexibility index (Phi) is 3.98. The van der Waals surface area contributed by atoms with E-state index in [-0.39, 0.29) is 0 Å². The molecule has 1 aliphatic carbocycles. The number of rotatable bonds is 2. The second-order valence-electron chi connectivity index (χ2n) is 6.63. The molecule has 1 saturated carbocycles. The number of H-pyrrole nitrogens is 1. The van der Waals surface area contributed by atoms with Gasteiger partial charge in [-0.2, -0.15) is 13.2 Å². The number of benzene rings is 1. The Labute approximate surface area is 143 Å². The van der Waals surface area contributed by atoms with Gasteiger partial charge in [0.1, 0.15) is 5.82 Å². The summed E-state index contributed by atoms with van der Waals surface area (Å²) >= 11 is 0. The van der Waals surface area contributed by atoms with Crippen molar-refractivity contribution in [2.24, 2.45) is 0 Å². The molecule has 0 radical (unpaired) electrons. The lowest BCUT2D eigenvalue weighted by molar-refractivity contribution is -0.137. The topological polar surface area (TPSA) is 41.6 Å². The van der Waals surface area contributed by atoms with Crippen molar-refractivity contribution in [3.05, 3.63) is 47.9 Å². The number of fused-ring (bicyclic) bond motifs is 1. The van der Waals surface area contributed by atoms with Gasteiger partial charge in [0.15, 0.2) is 5.65 Å². The van der Waals surface area contributed by atoms with E-state index < -0.39 is 11.7 Å². The molecule has 130 valence electrons. The molecule has 2 heterocycles. The van der Waals surface area contributed by atoms with Gasteiger partial charge in [0.2, 0.25) is 0 Å². The number of nitrogens with zero attached hydrogens (tertiary/aromatic N) is 2. The molecule has 4 rings (SSSR count). The number of aromatic amines is 1. The summed E-state index contributed by atoms with van der Waals surface area (Å²) in [6, 6.07) is 7.14. The van der Waals surface area contributed by atoms with Crippen LogP contribution in [0.3, 0.4) is 0 Å². The van der Waals surface area contributed by atoms with Gasteiger partial charge in [-0.05, 0) is 36.6 Å². The smallest absolute Gasteiger partial charge is 0.340 e. The summed E-state index contributed by atoms with van der Waals surface area (Å²) in [5.41, 5.74) is 1.89. The zero-order valence-corrected chi connectivity index (χ0v) is 13.6. The first-order chi connectivity index (χ1) is 12.0. The maximum atomic E-state index is 12.9. The van der Waals surface area contributed by atoms with Crippen LogP contribution in [0.1, 0.15) is 49.4 Å². The molecule has 1 aliphatic rings. The second-order valence-corrected chi connectivity index (χ2v) is 6.63. The monoisotopic (exact) mass is 345 g/mol. The minimum atomic E-state index is -4.35. The lowest BCUT2D eigenvalue weighted by Gasteiger charge is -2.18. The van der Waals surface area contributed by atoms with Gasteiger partial charge in [0, 0.05) is 17.7 Å². The molecule has 0 saturated heterocycles. The number of aromatic nitrogens is 3. The van der Waals surface area contributed by atoms with E-state index in [1.165, 1.54) is 25.3 Å². The van der Waals surface area contributed by atoms with Gasteiger partial charge in [-0.15, -0.1) is 0 Å². The lowest BCUT2D eigenvalue weighted by Crippen LogP contribution is -2.05. The van der Waals surface area contributed by atoms with E-state index in [4.69, 9.17) is 0 Å². The van der Waals surface area contributed by atoms with E-state index in [0.717, 1.165) is 36.3 Å². The Morgan fingerprint density at radius 1 is 1.00 bits per heavy atom. The summed E-state index contributed by atoms with van der Waals surface area (Å²) in [6.07, 6.45) is 3.18. The number of imidazole rings is 1. The summed E-state index contributed by atoms with van der Waals surface area (Å²) in [6.45, 7) is 0. The van der Waals surface area contributed by atoms with Gasteiger partial charge in [0.25, 0.3) is 0 Å². The predicted octanol–water partition coefficient (Wildman–Crippen LogP) is 5.69. The van der Waals surface area contributed by atoms with Crippen LogP contribution >= 0.6 is 0 Å². The minimum Gasteiger partial charge on any atom is -0.340 e. The molecular formula is C19H18F3N3. The third kappa shape index (κ3) is 3.25. The van der Waals surface area contributed by atoms with E-state index in [1.807, 2.05) is 6.07 Å². The van der Waals surface area contributed by atoms with E-state index in [9.17, 15) is 13.2 Å². The van der Waals surface area contributed by atoms with Crippen LogP contribution in [-0.2, 0) is 6.18 Å². The Hall–Kier alpha value is -2.37. The third-order valence-corrected chi connectivity index (χ3v) is 4.87. The van der Waals surface area contributed by atoms with Crippen LogP contribution in [0.15, 0.2) is 36.5 Å². The molecule has 3 nitrogen and oxygen atoms in total. The molecule has 0 amide bonds.